The van der Waals surface area contributed by atoms with Crippen molar-refractivity contribution in [2.24, 2.45) is 0 Å². The monoisotopic (exact) mass is 302 g/mol. The lowest BCUT2D eigenvalue weighted by Gasteiger charge is -2.23. The quantitative estimate of drug-likeness (QED) is 0.845. The molecule has 1 aliphatic heterocycles. The van der Waals surface area contributed by atoms with Crippen LogP contribution >= 0.6 is 22.7 Å². The molecule has 0 radical (unpaired) electrons. The van der Waals surface area contributed by atoms with E-state index in [1.165, 1.54) is 4.90 Å². The molecule has 3 heterocycles. The normalized spacial score (nSPS) is 23.6. The number of likely N-dealkylation sites (tertiary alicyclic amines) is 1. The second-order valence-corrected chi connectivity index (χ2v) is 6.97. The summed E-state index contributed by atoms with van der Waals surface area (Å²) in [6.45, 7) is 1.61. The van der Waals surface area contributed by atoms with Gasteiger partial charge in [-0.15, -0.1) is 22.7 Å². The first-order valence-corrected chi connectivity index (χ1v) is 8.32. The van der Waals surface area contributed by atoms with Crippen molar-refractivity contribution in [3.63, 3.8) is 0 Å². The molecule has 2 aromatic heterocycles. The van der Waals surface area contributed by atoms with Crippen LogP contribution in [-0.4, -0.2) is 25.9 Å². The van der Waals surface area contributed by atoms with Crippen LogP contribution in [-0.2, 0) is 4.79 Å². The summed E-state index contributed by atoms with van der Waals surface area (Å²) in [4.78, 5) is 16.2. The van der Waals surface area contributed by atoms with Gasteiger partial charge in [0.05, 0.1) is 18.2 Å². The molecule has 0 amide bonds. The molecule has 1 saturated heterocycles. The SMILES string of the molecule is C[NH+]1CC(=Cc2cccs2)C(=O)C(=Cc2cccs2)C1. The summed E-state index contributed by atoms with van der Waals surface area (Å²) in [5, 5.41) is 4.08. The Bertz CT molecular complexity index is 594. The van der Waals surface area contributed by atoms with Crippen molar-refractivity contribution in [1.82, 2.24) is 0 Å². The summed E-state index contributed by atoms with van der Waals surface area (Å²) in [5.74, 6) is 0.206. The zero-order valence-corrected chi connectivity index (χ0v) is 12.9. The zero-order chi connectivity index (χ0) is 13.9. The highest BCUT2D eigenvalue weighted by Crippen LogP contribution is 2.19. The molecule has 2 nitrogen and oxygen atoms in total. The fraction of sp³-hybridized carbons (Fsp3) is 0.188. The highest BCUT2D eigenvalue weighted by molar-refractivity contribution is 7.11. The zero-order valence-electron chi connectivity index (χ0n) is 11.3. The van der Waals surface area contributed by atoms with Gasteiger partial charge in [0.1, 0.15) is 13.1 Å². The summed E-state index contributed by atoms with van der Waals surface area (Å²) in [5.41, 5.74) is 1.83. The van der Waals surface area contributed by atoms with Gasteiger partial charge in [-0.2, -0.15) is 0 Å². The minimum Gasteiger partial charge on any atom is -0.330 e. The van der Waals surface area contributed by atoms with E-state index in [-0.39, 0.29) is 5.78 Å². The Morgan fingerprint density at radius 2 is 1.50 bits per heavy atom. The van der Waals surface area contributed by atoms with Crippen molar-refractivity contribution < 1.29 is 9.69 Å². The third kappa shape index (κ3) is 2.98. The summed E-state index contributed by atoms with van der Waals surface area (Å²) in [6.07, 6.45) is 4.08. The van der Waals surface area contributed by atoms with Crippen LogP contribution in [0.15, 0.2) is 46.2 Å². The molecule has 3 rings (SSSR count). The van der Waals surface area contributed by atoms with E-state index in [1.54, 1.807) is 22.7 Å². The van der Waals surface area contributed by atoms with Gasteiger partial charge in [-0.3, -0.25) is 4.79 Å². The number of hydrogen-bond donors (Lipinski definition) is 1. The lowest BCUT2D eigenvalue weighted by atomic mass is 9.97. The van der Waals surface area contributed by atoms with Crippen molar-refractivity contribution in [3.05, 3.63) is 55.9 Å². The van der Waals surface area contributed by atoms with Crippen LogP contribution in [0.5, 0.6) is 0 Å². The van der Waals surface area contributed by atoms with E-state index in [0.717, 1.165) is 34.0 Å². The molecule has 0 saturated carbocycles. The predicted molar refractivity (Wildman–Crippen MR) is 86.2 cm³/mol. The Morgan fingerprint density at radius 3 is 1.90 bits per heavy atom. The van der Waals surface area contributed by atoms with Crippen molar-refractivity contribution in [2.75, 3.05) is 20.1 Å². The van der Waals surface area contributed by atoms with Crippen molar-refractivity contribution in [3.8, 4) is 0 Å². The number of thiophene rings is 2. The number of quaternary nitrogens is 1. The third-order valence-electron chi connectivity index (χ3n) is 3.29. The van der Waals surface area contributed by atoms with Crippen LogP contribution < -0.4 is 4.90 Å². The highest BCUT2D eigenvalue weighted by Gasteiger charge is 2.27. The van der Waals surface area contributed by atoms with Crippen LogP contribution in [0, 0.1) is 0 Å². The van der Waals surface area contributed by atoms with E-state index < -0.39 is 0 Å². The topological polar surface area (TPSA) is 21.5 Å². The number of likely N-dealkylation sites (N-methyl/N-ethyl adjacent to an activating group) is 1. The maximum atomic E-state index is 12.6. The molecular weight excluding hydrogens is 286 g/mol. The maximum Gasteiger partial charge on any atom is 0.196 e. The molecule has 4 heteroatoms. The van der Waals surface area contributed by atoms with Gasteiger partial charge in [0.15, 0.2) is 5.78 Å². The van der Waals surface area contributed by atoms with Crippen LogP contribution in [0.25, 0.3) is 12.2 Å². The van der Waals surface area contributed by atoms with E-state index in [2.05, 4.69) is 19.2 Å². The van der Waals surface area contributed by atoms with Gasteiger partial charge >= 0.3 is 0 Å². The molecule has 0 aliphatic carbocycles. The van der Waals surface area contributed by atoms with Gasteiger partial charge in [-0.1, -0.05) is 12.1 Å². The largest absolute Gasteiger partial charge is 0.330 e. The van der Waals surface area contributed by atoms with Gasteiger partial charge < -0.3 is 4.90 Å². The molecular formula is C16H16NOS2+. The Kier molecular flexibility index (Phi) is 3.96. The molecule has 20 heavy (non-hydrogen) atoms. The first-order chi connectivity index (χ1) is 9.72. The number of Topliss-reactive ketones (excluding diaryl/α,β-unsaturated/α-hetero) is 1. The van der Waals surface area contributed by atoms with E-state index in [9.17, 15) is 4.79 Å². The molecule has 0 spiro atoms. The fourth-order valence-electron chi connectivity index (χ4n) is 2.40. The van der Waals surface area contributed by atoms with Crippen LogP contribution in [0.3, 0.4) is 0 Å². The third-order valence-corrected chi connectivity index (χ3v) is 4.93. The average Bonchev–Trinajstić information content (AvgIpc) is 3.08. The molecule has 1 N–H and O–H groups in total. The Labute approximate surface area is 126 Å². The Morgan fingerprint density at radius 1 is 1.00 bits per heavy atom. The van der Waals surface area contributed by atoms with E-state index >= 15 is 0 Å². The Balaban J connectivity index is 1.92. The van der Waals surface area contributed by atoms with Crippen molar-refractivity contribution in [2.45, 2.75) is 0 Å². The Hall–Kier alpha value is -1.49. The van der Waals surface area contributed by atoms with Crippen LogP contribution in [0.4, 0.5) is 0 Å². The van der Waals surface area contributed by atoms with Gasteiger partial charge in [-0.05, 0) is 35.0 Å². The molecule has 0 unspecified atom stereocenters. The number of ketones is 1. The number of carbonyl (C=O) groups excluding carboxylic acids is 1. The second kappa shape index (κ2) is 5.87. The molecule has 1 fully saturated rings. The number of piperidine rings is 1. The summed E-state index contributed by atoms with van der Waals surface area (Å²) < 4.78 is 0. The molecule has 1 aliphatic rings. The van der Waals surface area contributed by atoms with Crippen LogP contribution in [0.1, 0.15) is 9.75 Å². The summed E-state index contributed by atoms with van der Waals surface area (Å²) in [6, 6.07) is 8.14. The minimum absolute atomic E-state index is 0.206. The average molecular weight is 302 g/mol. The van der Waals surface area contributed by atoms with Crippen molar-refractivity contribution >= 4 is 40.6 Å². The molecule has 2 aromatic rings. The number of nitrogens with one attached hydrogen (secondary N) is 1. The van der Waals surface area contributed by atoms with E-state index in [4.69, 9.17) is 0 Å². The van der Waals surface area contributed by atoms with Gasteiger partial charge in [-0.25, -0.2) is 0 Å². The number of rotatable bonds is 2. The van der Waals surface area contributed by atoms with E-state index in [0.29, 0.717) is 0 Å². The van der Waals surface area contributed by atoms with Gasteiger partial charge in [0, 0.05) is 9.75 Å². The molecule has 0 atom stereocenters. The minimum atomic E-state index is 0.206. The lowest BCUT2D eigenvalue weighted by Crippen LogP contribution is -3.10. The van der Waals surface area contributed by atoms with Gasteiger partial charge in [0.2, 0.25) is 0 Å². The maximum absolute atomic E-state index is 12.6. The number of carbonyl (C=O) groups is 1. The van der Waals surface area contributed by atoms with Crippen LogP contribution in [0.2, 0.25) is 0 Å². The van der Waals surface area contributed by atoms with Crippen molar-refractivity contribution in [1.29, 1.82) is 0 Å². The van der Waals surface area contributed by atoms with Gasteiger partial charge in [0.25, 0.3) is 0 Å². The number of hydrogen-bond acceptors (Lipinski definition) is 3. The standard InChI is InChI=1S/C16H15NOS2/c1-17-10-12(8-14-4-2-6-19-14)16(18)13(11-17)9-15-5-3-7-20-15/h2-9H,10-11H2,1H3/p+1. The first-order valence-electron chi connectivity index (χ1n) is 6.56. The highest BCUT2D eigenvalue weighted by atomic mass is 32.1. The molecule has 0 bridgehead atoms. The first kappa shape index (κ1) is 13.5. The fourth-order valence-corrected chi connectivity index (χ4v) is 3.77. The molecule has 0 aromatic carbocycles. The second-order valence-electron chi connectivity index (χ2n) is 5.01. The molecule has 102 valence electrons. The lowest BCUT2D eigenvalue weighted by molar-refractivity contribution is -0.870. The smallest absolute Gasteiger partial charge is 0.196 e. The summed E-state index contributed by atoms with van der Waals surface area (Å²) in [7, 11) is 2.14. The predicted octanol–water partition coefficient (Wildman–Crippen LogP) is 2.37. The summed E-state index contributed by atoms with van der Waals surface area (Å²) >= 11 is 3.34. The van der Waals surface area contributed by atoms with E-state index in [1.807, 2.05) is 35.0 Å².